The standard InChI is InChI=1S/C18H13Cl2NO3S/c19-15-9-16(17(20)14-8-4-3-7-13(14)15)25(22,23)24-18-12-6-2-1-5-11(12)10-21-18/h1-9,18,21H,10H2. The molecule has 0 bridgehead atoms. The molecule has 1 heterocycles. The lowest BCUT2D eigenvalue weighted by Crippen LogP contribution is -2.20. The minimum absolute atomic E-state index is 0.103. The predicted molar refractivity (Wildman–Crippen MR) is 98.3 cm³/mol. The van der Waals surface area contributed by atoms with Crippen molar-refractivity contribution in [3.8, 4) is 0 Å². The summed E-state index contributed by atoms with van der Waals surface area (Å²) >= 11 is 12.6. The highest BCUT2D eigenvalue weighted by molar-refractivity contribution is 7.87. The molecule has 0 saturated heterocycles. The number of fused-ring (bicyclic) bond motifs is 2. The molecule has 7 heteroatoms. The van der Waals surface area contributed by atoms with E-state index in [2.05, 4.69) is 5.32 Å². The Labute approximate surface area is 155 Å². The summed E-state index contributed by atoms with van der Waals surface area (Å²) < 4.78 is 31.0. The van der Waals surface area contributed by atoms with Crippen molar-refractivity contribution < 1.29 is 12.6 Å². The Hall–Kier alpha value is -1.63. The zero-order valence-electron chi connectivity index (χ0n) is 12.9. The third-order valence-electron chi connectivity index (χ3n) is 4.20. The van der Waals surface area contributed by atoms with Crippen molar-refractivity contribution in [3.63, 3.8) is 0 Å². The molecule has 1 aliphatic rings. The van der Waals surface area contributed by atoms with Crippen molar-refractivity contribution in [1.82, 2.24) is 5.32 Å². The lowest BCUT2D eigenvalue weighted by Gasteiger charge is -2.15. The number of rotatable bonds is 3. The number of nitrogens with one attached hydrogen (secondary N) is 1. The van der Waals surface area contributed by atoms with Crippen LogP contribution in [0.4, 0.5) is 0 Å². The zero-order valence-corrected chi connectivity index (χ0v) is 15.2. The first-order valence-corrected chi connectivity index (χ1v) is 9.75. The van der Waals surface area contributed by atoms with E-state index < -0.39 is 16.3 Å². The second kappa shape index (κ2) is 6.27. The van der Waals surface area contributed by atoms with Gasteiger partial charge in [0.1, 0.15) is 4.90 Å². The molecule has 128 valence electrons. The first-order valence-electron chi connectivity index (χ1n) is 7.58. The molecule has 4 nitrogen and oxygen atoms in total. The third kappa shape index (κ3) is 2.92. The fraction of sp³-hybridized carbons (Fsp3) is 0.111. The summed E-state index contributed by atoms with van der Waals surface area (Å²) in [5, 5.41) is 4.71. The van der Waals surface area contributed by atoms with Crippen LogP contribution in [0.2, 0.25) is 10.0 Å². The largest absolute Gasteiger partial charge is 0.300 e. The van der Waals surface area contributed by atoms with Gasteiger partial charge in [-0.15, -0.1) is 0 Å². The summed E-state index contributed by atoms with van der Waals surface area (Å²) in [6.07, 6.45) is -0.748. The lowest BCUT2D eigenvalue weighted by molar-refractivity contribution is 0.187. The van der Waals surface area contributed by atoms with Crippen molar-refractivity contribution in [3.05, 3.63) is 75.8 Å². The van der Waals surface area contributed by atoms with Crippen LogP contribution in [0.3, 0.4) is 0 Å². The van der Waals surface area contributed by atoms with Gasteiger partial charge in [0.2, 0.25) is 0 Å². The van der Waals surface area contributed by atoms with E-state index in [0.717, 1.165) is 11.1 Å². The van der Waals surface area contributed by atoms with Crippen molar-refractivity contribution in [2.45, 2.75) is 17.7 Å². The summed E-state index contributed by atoms with van der Waals surface area (Å²) in [6, 6.07) is 15.9. The maximum Gasteiger partial charge on any atom is 0.300 e. The van der Waals surface area contributed by atoms with E-state index in [9.17, 15) is 8.42 Å². The highest BCUT2D eigenvalue weighted by Gasteiger charge is 2.30. The Morgan fingerprint density at radius 3 is 2.48 bits per heavy atom. The summed E-state index contributed by atoms with van der Waals surface area (Å²) in [5.74, 6) is 0. The van der Waals surface area contributed by atoms with Gasteiger partial charge in [-0.1, -0.05) is 71.7 Å². The second-order valence-corrected chi connectivity index (χ2v) is 8.05. The zero-order chi connectivity index (χ0) is 17.6. The van der Waals surface area contributed by atoms with E-state index in [1.165, 1.54) is 6.07 Å². The van der Waals surface area contributed by atoms with Gasteiger partial charge in [-0.3, -0.25) is 5.32 Å². The molecule has 1 atom stereocenters. The van der Waals surface area contributed by atoms with Gasteiger partial charge in [-0.05, 0) is 11.6 Å². The van der Waals surface area contributed by atoms with Gasteiger partial charge < -0.3 is 0 Å². The summed E-state index contributed by atoms with van der Waals surface area (Å²) in [4.78, 5) is -0.135. The van der Waals surface area contributed by atoms with Gasteiger partial charge in [0.05, 0.1) is 5.02 Å². The Morgan fingerprint density at radius 1 is 1.00 bits per heavy atom. The molecule has 0 aromatic heterocycles. The average Bonchev–Trinajstić information content (AvgIpc) is 3.00. The van der Waals surface area contributed by atoms with Crippen molar-refractivity contribution in [2.24, 2.45) is 0 Å². The van der Waals surface area contributed by atoms with Gasteiger partial charge >= 0.3 is 0 Å². The van der Waals surface area contributed by atoms with Crippen LogP contribution in [-0.4, -0.2) is 8.42 Å². The SMILES string of the molecule is O=S(=O)(OC1NCc2ccccc21)c1cc(Cl)c2ccccc2c1Cl. The molecular formula is C18H13Cl2NO3S. The van der Waals surface area contributed by atoms with Gasteiger partial charge in [0, 0.05) is 27.9 Å². The smallest absolute Gasteiger partial charge is 0.283 e. The molecule has 25 heavy (non-hydrogen) atoms. The topological polar surface area (TPSA) is 55.4 Å². The third-order valence-corrected chi connectivity index (χ3v) is 6.34. The van der Waals surface area contributed by atoms with Crippen molar-refractivity contribution in [1.29, 1.82) is 0 Å². The number of hydrogen-bond donors (Lipinski definition) is 1. The molecule has 1 N–H and O–H groups in total. The van der Waals surface area contributed by atoms with E-state index >= 15 is 0 Å². The first-order chi connectivity index (χ1) is 12.0. The fourth-order valence-corrected chi connectivity index (χ4v) is 4.94. The monoisotopic (exact) mass is 393 g/mol. The highest BCUT2D eigenvalue weighted by atomic mass is 35.5. The molecule has 0 amide bonds. The Kier molecular flexibility index (Phi) is 4.22. The Balaban J connectivity index is 1.77. The van der Waals surface area contributed by atoms with Crippen LogP contribution in [0.1, 0.15) is 17.4 Å². The summed E-state index contributed by atoms with van der Waals surface area (Å²) in [7, 11) is -4.11. The maximum absolute atomic E-state index is 12.8. The molecule has 0 fully saturated rings. The molecule has 3 aromatic carbocycles. The van der Waals surface area contributed by atoms with E-state index in [0.29, 0.717) is 22.3 Å². The van der Waals surface area contributed by atoms with Gasteiger partial charge in [-0.25, -0.2) is 4.18 Å². The molecule has 0 saturated carbocycles. The number of halogens is 2. The fourth-order valence-electron chi connectivity index (χ4n) is 2.98. The molecule has 0 radical (unpaired) electrons. The quantitative estimate of drug-likeness (QED) is 0.657. The average molecular weight is 394 g/mol. The Bertz CT molecular complexity index is 1080. The number of hydrogen-bond acceptors (Lipinski definition) is 4. The Morgan fingerprint density at radius 2 is 1.68 bits per heavy atom. The number of benzene rings is 3. The first kappa shape index (κ1) is 16.8. The summed E-state index contributed by atoms with van der Waals surface area (Å²) in [5.41, 5.74) is 1.81. The maximum atomic E-state index is 12.8. The van der Waals surface area contributed by atoms with Crippen molar-refractivity contribution >= 4 is 44.1 Å². The predicted octanol–water partition coefficient (Wildman–Crippen LogP) is 4.65. The van der Waals surface area contributed by atoms with Crippen molar-refractivity contribution in [2.75, 3.05) is 0 Å². The molecule has 1 aliphatic heterocycles. The molecule has 3 aromatic rings. The van der Waals surface area contributed by atoms with E-state index in [1.807, 2.05) is 30.3 Å². The van der Waals surface area contributed by atoms with Crippen LogP contribution in [0.25, 0.3) is 10.8 Å². The van der Waals surface area contributed by atoms with E-state index in [1.54, 1.807) is 18.2 Å². The van der Waals surface area contributed by atoms with Crippen LogP contribution in [0.15, 0.2) is 59.5 Å². The molecule has 1 unspecified atom stereocenters. The van der Waals surface area contributed by atoms with Crippen LogP contribution in [0, 0.1) is 0 Å². The van der Waals surface area contributed by atoms with Crippen LogP contribution >= 0.6 is 23.2 Å². The second-order valence-electron chi connectivity index (χ2n) is 5.73. The minimum Gasteiger partial charge on any atom is -0.283 e. The normalized spacial score (nSPS) is 17.0. The molecule has 4 rings (SSSR count). The van der Waals surface area contributed by atoms with Crippen LogP contribution in [-0.2, 0) is 20.8 Å². The van der Waals surface area contributed by atoms with Crippen LogP contribution < -0.4 is 5.32 Å². The van der Waals surface area contributed by atoms with E-state index in [-0.39, 0.29) is 9.92 Å². The van der Waals surface area contributed by atoms with Gasteiger partial charge in [0.25, 0.3) is 10.1 Å². The molecule has 0 aliphatic carbocycles. The molecular weight excluding hydrogens is 381 g/mol. The minimum atomic E-state index is -4.11. The van der Waals surface area contributed by atoms with Gasteiger partial charge in [0.15, 0.2) is 6.23 Å². The lowest BCUT2D eigenvalue weighted by atomic mass is 10.1. The van der Waals surface area contributed by atoms with Gasteiger partial charge in [-0.2, -0.15) is 8.42 Å². The highest BCUT2D eigenvalue weighted by Crippen LogP contribution is 2.38. The molecule has 0 spiro atoms. The van der Waals surface area contributed by atoms with E-state index in [4.69, 9.17) is 27.4 Å². The summed E-state index contributed by atoms with van der Waals surface area (Å²) in [6.45, 7) is 0.544. The van der Waals surface area contributed by atoms with Crippen LogP contribution in [0.5, 0.6) is 0 Å².